The van der Waals surface area contributed by atoms with E-state index >= 15 is 0 Å². The van der Waals surface area contributed by atoms with Crippen LogP contribution in [0.15, 0.2) is 0 Å². The molecule has 2 heterocycles. The van der Waals surface area contributed by atoms with E-state index in [2.05, 4.69) is 33.5 Å². The smallest absolute Gasteiger partial charge is 0.225 e. The van der Waals surface area contributed by atoms with Gasteiger partial charge in [0.25, 0.3) is 0 Å². The zero-order valence-electron chi connectivity index (χ0n) is 9.36. The highest BCUT2D eigenvalue weighted by molar-refractivity contribution is 7.71. The van der Waals surface area contributed by atoms with Crippen molar-refractivity contribution in [2.24, 2.45) is 0 Å². The number of hydrogen-bond acceptors (Lipinski definition) is 3. The Bertz CT molecular complexity index is 373. The quantitative estimate of drug-likeness (QED) is 0.787. The van der Waals surface area contributed by atoms with E-state index in [9.17, 15) is 0 Å². The maximum absolute atomic E-state index is 5.24. The molecule has 0 aliphatic carbocycles. The van der Waals surface area contributed by atoms with E-state index < -0.39 is 0 Å². The Balaban J connectivity index is 2.30. The van der Waals surface area contributed by atoms with Gasteiger partial charge in [-0.2, -0.15) is 0 Å². The number of H-pyrrole nitrogens is 1. The van der Waals surface area contributed by atoms with Crippen LogP contribution in [0.5, 0.6) is 0 Å². The second-order valence-corrected chi connectivity index (χ2v) is 4.73. The van der Waals surface area contributed by atoms with Gasteiger partial charge in [-0.1, -0.05) is 0 Å². The fourth-order valence-electron chi connectivity index (χ4n) is 2.08. The Hall–Kier alpha value is -0.840. The Morgan fingerprint density at radius 2 is 1.93 bits per heavy atom. The lowest BCUT2D eigenvalue weighted by atomic mass is 10.1. The zero-order chi connectivity index (χ0) is 10.8. The Labute approximate surface area is 95.3 Å². The summed E-state index contributed by atoms with van der Waals surface area (Å²) in [6.07, 6.45) is 3.86. The number of rotatable bonds is 2. The first-order valence-electron chi connectivity index (χ1n) is 5.62. The van der Waals surface area contributed by atoms with Crippen molar-refractivity contribution in [1.82, 2.24) is 14.8 Å². The molecule has 1 aromatic heterocycles. The molecule has 1 aliphatic heterocycles. The van der Waals surface area contributed by atoms with Gasteiger partial charge < -0.3 is 4.90 Å². The first-order valence-corrected chi connectivity index (χ1v) is 6.03. The maximum atomic E-state index is 5.24. The number of nitrogens with one attached hydrogen (secondary N) is 1. The third-order valence-electron chi connectivity index (χ3n) is 2.84. The van der Waals surface area contributed by atoms with Crippen LogP contribution in [-0.4, -0.2) is 27.9 Å². The monoisotopic (exact) mass is 226 g/mol. The molecule has 0 saturated carbocycles. The van der Waals surface area contributed by atoms with Gasteiger partial charge in [-0.25, -0.2) is 5.10 Å². The molecule has 5 heteroatoms. The van der Waals surface area contributed by atoms with Gasteiger partial charge in [0.2, 0.25) is 5.95 Å². The second kappa shape index (κ2) is 4.35. The Morgan fingerprint density at radius 3 is 2.53 bits per heavy atom. The largest absolute Gasteiger partial charge is 0.341 e. The lowest BCUT2D eigenvalue weighted by Crippen LogP contribution is -2.32. The normalized spacial score (nSPS) is 17.4. The minimum absolute atomic E-state index is 0.369. The molecular weight excluding hydrogens is 208 g/mol. The van der Waals surface area contributed by atoms with Gasteiger partial charge in [-0.05, 0) is 45.3 Å². The molecule has 84 valence electrons. The van der Waals surface area contributed by atoms with Gasteiger partial charge in [0.15, 0.2) is 4.77 Å². The first-order chi connectivity index (χ1) is 7.20. The van der Waals surface area contributed by atoms with Crippen LogP contribution < -0.4 is 4.90 Å². The summed E-state index contributed by atoms with van der Waals surface area (Å²) in [5.41, 5.74) is 0. The van der Waals surface area contributed by atoms with E-state index in [1.807, 2.05) is 0 Å². The lowest BCUT2D eigenvalue weighted by Gasteiger charge is -2.28. The minimum Gasteiger partial charge on any atom is -0.341 e. The summed E-state index contributed by atoms with van der Waals surface area (Å²) in [6, 6.07) is 0.369. The molecule has 0 amide bonds. The highest BCUT2D eigenvalue weighted by Gasteiger charge is 2.18. The summed E-state index contributed by atoms with van der Waals surface area (Å²) in [5, 5.41) is 7.22. The van der Waals surface area contributed by atoms with Crippen LogP contribution in [0, 0.1) is 4.77 Å². The van der Waals surface area contributed by atoms with E-state index in [0.717, 1.165) is 23.8 Å². The molecule has 0 bridgehead atoms. The van der Waals surface area contributed by atoms with Crippen molar-refractivity contribution in [1.29, 1.82) is 0 Å². The summed E-state index contributed by atoms with van der Waals surface area (Å²) in [5.74, 6) is 1.01. The molecule has 1 fully saturated rings. The van der Waals surface area contributed by atoms with Crippen LogP contribution in [0.4, 0.5) is 5.95 Å². The molecule has 0 atom stereocenters. The molecule has 15 heavy (non-hydrogen) atoms. The second-order valence-electron chi connectivity index (χ2n) is 4.34. The number of anilines is 1. The van der Waals surface area contributed by atoms with Crippen LogP contribution in [-0.2, 0) is 0 Å². The summed E-state index contributed by atoms with van der Waals surface area (Å²) in [7, 11) is 0. The van der Waals surface area contributed by atoms with Crippen molar-refractivity contribution >= 4 is 18.2 Å². The number of piperidine rings is 1. The molecule has 1 aromatic rings. The van der Waals surface area contributed by atoms with Crippen molar-refractivity contribution in [2.75, 3.05) is 18.0 Å². The van der Waals surface area contributed by atoms with E-state index in [-0.39, 0.29) is 0 Å². The van der Waals surface area contributed by atoms with E-state index in [0.29, 0.717) is 6.04 Å². The summed E-state index contributed by atoms with van der Waals surface area (Å²) < 4.78 is 2.83. The van der Waals surface area contributed by atoms with Gasteiger partial charge in [-0.15, -0.1) is 5.10 Å². The predicted octanol–water partition coefficient (Wildman–Crippen LogP) is 2.51. The van der Waals surface area contributed by atoms with Gasteiger partial charge in [-0.3, -0.25) is 4.57 Å². The predicted molar refractivity (Wildman–Crippen MR) is 63.9 cm³/mol. The number of nitrogens with zero attached hydrogens (tertiary/aromatic N) is 3. The molecule has 1 aliphatic rings. The van der Waals surface area contributed by atoms with Crippen LogP contribution in [0.2, 0.25) is 0 Å². The van der Waals surface area contributed by atoms with Crippen LogP contribution in [0.25, 0.3) is 0 Å². The molecular formula is C10H18N4S. The summed E-state index contributed by atoms with van der Waals surface area (Å²) in [4.78, 5) is 2.33. The topological polar surface area (TPSA) is 36.9 Å². The van der Waals surface area contributed by atoms with Crippen molar-refractivity contribution in [3.05, 3.63) is 4.77 Å². The van der Waals surface area contributed by atoms with Crippen molar-refractivity contribution in [2.45, 2.75) is 39.2 Å². The van der Waals surface area contributed by atoms with Crippen molar-refractivity contribution in [3.8, 4) is 0 Å². The third kappa shape index (κ3) is 2.07. The van der Waals surface area contributed by atoms with Crippen molar-refractivity contribution < 1.29 is 0 Å². The Morgan fingerprint density at radius 1 is 1.27 bits per heavy atom. The molecule has 0 radical (unpaired) electrons. The highest BCUT2D eigenvalue weighted by atomic mass is 32.1. The van der Waals surface area contributed by atoms with Crippen LogP contribution in [0.1, 0.15) is 39.2 Å². The first kappa shape index (κ1) is 10.7. The van der Waals surface area contributed by atoms with Gasteiger partial charge >= 0.3 is 0 Å². The third-order valence-corrected chi connectivity index (χ3v) is 3.13. The number of aromatic amines is 1. The van der Waals surface area contributed by atoms with E-state index in [1.54, 1.807) is 0 Å². The minimum atomic E-state index is 0.369. The molecule has 4 nitrogen and oxygen atoms in total. The SMILES string of the molecule is CC(C)n1c(N2CCCCC2)n[nH]c1=S. The fourth-order valence-corrected chi connectivity index (χ4v) is 2.42. The van der Waals surface area contributed by atoms with Gasteiger partial charge in [0, 0.05) is 19.1 Å². The van der Waals surface area contributed by atoms with Gasteiger partial charge in [0.05, 0.1) is 0 Å². The molecule has 0 aromatic carbocycles. The summed E-state index contributed by atoms with van der Waals surface area (Å²) in [6.45, 7) is 6.48. The molecule has 0 unspecified atom stereocenters. The van der Waals surface area contributed by atoms with E-state index in [4.69, 9.17) is 12.2 Å². The molecule has 1 saturated heterocycles. The Kier molecular flexibility index (Phi) is 3.09. The zero-order valence-corrected chi connectivity index (χ0v) is 10.2. The average Bonchev–Trinajstić information content (AvgIpc) is 2.61. The fraction of sp³-hybridized carbons (Fsp3) is 0.800. The molecule has 2 rings (SSSR count). The highest BCUT2D eigenvalue weighted by Crippen LogP contribution is 2.20. The number of aromatic nitrogens is 3. The van der Waals surface area contributed by atoms with Crippen LogP contribution in [0.3, 0.4) is 0 Å². The maximum Gasteiger partial charge on any atom is 0.225 e. The molecule has 1 N–H and O–H groups in total. The van der Waals surface area contributed by atoms with Crippen LogP contribution >= 0.6 is 12.2 Å². The lowest BCUT2D eigenvalue weighted by molar-refractivity contribution is 0.531. The summed E-state index contributed by atoms with van der Waals surface area (Å²) >= 11 is 5.24. The van der Waals surface area contributed by atoms with Gasteiger partial charge in [0.1, 0.15) is 0 Å². The van der Waals surface area contributed by atoms with E-state index in [1.165, 1.54) is 19.3 Å². The average molecular weight is 226 g/mol. The molecule has 0 spiro atoms. The standard InChI is InChI=1S/C10H18N4S/c1-8(2)14-9(11-12-10(14)15)13-6-4-3-5-7-13/h8H,3-7H2,1-2H3,(H,12,15). The van der Waals surface area contributed by atoms with Crippen molar-refractivity contribution in [3.63, 3.8) is 0 Å². The number of hydrogen-bond donors (Lipinski definition) is 1.